The first-order valence-corrected chi connectivity index (χ1v) is 22.2. The summed E-state index contributed by atoms with van der Waals surface area (Å²) in [6, 6.07) is 22.0. The van der Waals surface area contributed by atoms with E-state index in [1.165, 1.54) is 19.2 Å². The minimum absolute atomic E-state index is 0.0187. The van der Waals surface area contributed by atoms with E-state index >= 15 is 0 Å². The summed E-state index contributed by atoms with van der Waals surface area (Å²) in [5.74, 6) is -1.95. The number of hydrogen-bond acceptors (Lipinski definition) is 13. The van der Waals surface area contributed by atoms with Crippen LogP contribution in [0.1, 0.15) is 60.2 Å². The molecule has 61 heavy (non-hydrogen) atoms. The van der Waals surface area contributed by atoms with Gasteiger partial charge >= 0.3 is 11.9 Å². The van der Waals surface area contributed by atoms with Crippen LogP contribution in [0.4, 0.5) is 11.4 Å². The smallest absolute Gasteiger partial charge is 0.338 e. The number of rotatable bonds is 19. The third kappa shape index (κ3) is 17.7. The molecule has 0 aliphatic heterocycles. The monoisotopic (exact) mass is 906 g/mol. The molecule has 2 amide bonds. The van der Waals surface area contributed by atoms with Gasteiger partial charge in [-0.2, -0.15) is 0 Å². The molecule has 9 N–H and O–H groups in total. The molecular formula is C40H51ClN6O12S2. The van der Waals surface area contributed by atoms with E-state index in [9.17, 15) is 41.1 Å². The summed E-state index contributed by atoms with van der Waals surface area (Å²) in [6.45, 7) is 4.57. The summed E-state index contributed by atoms with van der Waals surface area (Å²) >= 11 is 5.04. The third-order valence-corrected chi connectivity index (χ3v) is 9.91. The quantitative estimate of drug-likeness (QED) is 0.0360. The molecule has 0 spiro atoms. The number of sulfonamides is 2. The van der Waals surface area contributed by atoms with Gasteiger partial charge in [0, 0.05) is 27.2 Å². The van der Waals surface area contributed by atoms with Crippen LogP contribution >= 0.6 is 11.6 Å². The highest BCUT2D eigenvalue weighted by Gasteiger charge is 2.25. The Morgan fingerprint density at radius 2 is 1.07 bits per heavy atom. The van der Waals surface area contributed by atoms with Gasteiger partial charge in [0.25, 0.3) is 5.91 Å². The molecule has 0 unspecified atom stereocenters. The Morgan fingerprint density at radius 1 is 0.656 bits per heavy atom. The lowest BCUT2D eigenvalue weighted by atomic mass is 10.1. The number of carbonyl (C=O) groups is 4. The molecule has 0 radical (unpaired) electrons. The summed E-state index contributed by atoms with van der Waals surface area (Å²) in [5, 5.41) is 30.7. The van der Waals surface area contributed by atoms with Gasteiger partial charge in [0.1, 0.15) is 27.2 Å². The average molecular weight is 907 g/mol. The molecule has 4 aromatic rings. The van der Waals surface area contributed by atoms with E-state index < -0.39 is 44.5 Å². The van der Waals surface area contributed by atoms with Gasteiger partial charge in [-0.05, 0) is 61.4 Å². The molecule has 0 bridgehead atoms. The summed E-state index contributed by atoms with van der Waals surface area (Å²) in [6.07, 6.45) is 3.45. The number of aromatic carboxylic acids is 1. The molecule has 0 heterocycles. The van der Waals surface area contributed by atoms with Crippen molar-refractivity contribution in [3.63, 3.8) is 0 Å². The Balaban J connectivity index is 0.000000375. The highest BCUT2D eigenvalue weighted by Crippen LogP contribution is 2.38. The van der Waals surface area contributed by atoms with Crippen LogP contribution in [0.3, 0.4) is 0 Å². The molecule has 0 saturated carbocycles. The van der Waals surface area contributed by atoms with Crippen molar-refractivity contribution in [2.24, 2.45) is 10.3 Å². The maximum absolute atomic E-state index is 12.4. The number of carbonyl (C=O) groups excluding carboxylic acids is 3. The molecule has 4 rings (SSSR count). The van der Waals surface area contributed by atoms with Crippen LogP contribution in [-0.4, -0.2) is 85.4 Å². The number of nitrogens with one attached hydrogen (secondary N) is 4. The minimum Gasteiger partial charge on any atom is -0.478 e. The lowest BCUT2D eigenvalue weighted by Crippen LogP contribution is -2.25. The average Bonchev–Trinajstić information content (AvgIpc) is 3.23. The first kappa shape index (κ1) is 51.2. The second-order valence-corrected chi connectivity index (χ2v) is 15.9. The number of primary sulfonamides is 2. The number of nitrogens with two attached hydrogens (primary N) is 2. The van der Waals surface area contributed by atoms with E-state index in [1.807, 2.05) is 13.8 Å². The Hall–Kier alpha value is -5.93. The largest absolute Gasteiger partial charge is 0.478 e. The van der Waals surface area contributed by atoms with Crippen molar-refractivity contribution in [2.75, 3.05) is 50.3 Å². The lowest BCUT2D eigenvalue weighted by molar-refractivity contribution is -0.123. The summed E-state index contributed by atoms with van der Waals surface area (Å²) in [5.41, 5.74) is 0.262. The predicted octanol–water partition coefficient (Wildman–Crippen LogP) is 5.25. The van der Waals surface area contributed by atoms with Crippen LogP contribution in [0, 0.1) is 0 Å². The van der Waals surface area contributed by atoms with E-state index in [1.54, 1.807) is 67.7 Å². The summed E-state index contributed by atoms with van der Waals surface area (Å²) in [4.78, 5) is 44.2. The Morgan fingerprint density at radius 3 is 1.41 bits per heavy atom. The zero-order valence-corrected chi connectivity index (χ0v) is 36.4. The highest BCUT2D eigenvalue weighted by atomic mass is 35.5. The molecule has 0 aliphatic rings. The number of unbranched alkanes of at least 4 members (excludes halogenated alkanes) is 2. The summed E-state index contributed by atoms with van der Waals surface area (Å²) in [7, 11) is -5.49. The number of para-hydroxylation sites is 2. The number of esters is 1. The fraction of sp³-hybridized carbons (Fsp3) is 0.300. The van der Waals surface area contributed by atoms with Crippen molar-refractivity contribution in [2.45, 2.75) is 49.3 Å². The predicted molar refractivity (Wildman–Crippen MR) is 232 cm³/mol. The fourth-order valence-electron chi connectivity index (χ4n) is 4.71. The van der Waals surface area contributed by atoms with Crippen molar-refractivity contribution in [3.05, 3.63) is 96.1 Å². The van der Waals surface area contributed by atoms with Gasteiger partial charge in [-0.1, -0.05) is 63.1 Å². The standard InChI is InChI=1S/C20H25N3O6S.C17H20N2O5S.C3H6ClNO/c1-3-4-10-23-16-11-14(20(25)28-13-18(24)22-2)12-17(30(21,26)27)19(16)29-15-8-6-5-7-9-15;1-2-3-9-19-14-10-12(17(20)21)11-15(25(18,22)23)16(14)24-13-7-5-4-6-8-13;1-5-3(6)2-4/h5-9,11-12,23H,3-4,10,13H2,1-2H3,(H,22,24)(H2,21,26,27);4-8,10-11,19H,2-3,9H2,1H3,(H,20,21)(H2,18,22,23);2H2,1H3,(H,5,6). The third-order valence-electron chi connectivity index (χ3n) is 7.84. The van der Waals surface area contributed by atoms with Gasteiger partial charge < -0.3 is 40.6 Å². The minimum atomic E-state index is -4.25. The maximum Gasteiger partial charge on any atom is 0.338 e. The van der Waals surface area contributed by atoms with Crippen molar-refractivity contribution in [1.82, 2.24) is 10.6 Å². The number of ether oxygens (including phenoxy) is 3. The van der Waals surface area contributed by atoms with Crippen molar-refractivity contribution in [1.29, 1.82) is 0 Å². The van der Waals surface area contributed by atoms with Crippen LogP contribution in [0.15, 0.2) is 94.7 Å². The normalized spacial score (nSPS) is 10.7. The molecule has 0 aromatic heterocycles. The molecule has 4 aromatic carbocycles. The van der Waals surface area contributed by atoms with Crippen LogP contribution in [0.2, 0.25) is 0 Å². The molecule has 18 nitrogen and oxygen atoms in total. The number of likely N-dealkylation sites (N-methyl/N-ethyl adjacent to an activating group) is 1. The van der Waals surface area contributed by atoms with Crippen molar-refractivity contribution < 1.29 is 55.3 Å². The van der Waals surface area contributed by atoms with E-state index in [2.05, 4.69) is 21.3 Å². The molecule has 0 saturated heterocycles. The Kier molecular flexibility index (Phi) is 21.5. The van der Waals surface area contributed by atoms with E-state index in [-0.39, 0.29) is 55.6 Å². The van der Waals surface area contributed by atoms with E-state index in [4.69, 9.17) is 36.1 Å². The maximum atomic E-state index is 12.4. The van der Waals surface area contributed by atoms with Gasteiger partial charge in [0.05, 0.1) is 22.5 Å². The molecule has 332 valence electrons. The van der Waals surface area contributed by atoms with Gasteiger partial charge in [-0.3, -0.25) is 9.59 Å². The highest BCUT2D eigenvalue weighted by molar-refractivity contribution is 7.89. The van der Waals surface area contributed by atoms with E-state index in [0.717, 1.165) is 37.8 Å². The Bertz CT molecular complexity index is 2300. The number of benzene rings is 4. The number of anilines is 2. The second kappa shape index (κ2) is 25.6. The first-order chi connectivity index (χ1) is 28.9. The number of carboxylic acid groups (broad SMARTS) is 1. The number of carboxylic acids is 1. The number of alkyl halides is 1. The van der Waals surface area contributed by atoms with Gasteiger partial charge in [0.15, 0.2) is 18.1 Å². The van der Waals surface area contributed by atoms with Crippen LogP contribution in [-0.2, 0) is 34.4 Å². The van der Waals surface area contributed by atoms with Gasteiger partial charge in [-0.25, -0.2) is 36.7 Å². The lowest BCUT2D eigenvalue weighted by Gasteiger charge is -2.17. The topological polar surface area (TPSA) is 285 Å². The molecule has 0 aliphatic carbocycles. The number of halogens is 1. The molecule has 0 atom stereocenters. The SMILES string of the molecule is CCCCNc1cc(C(=O)O)cc(S(N)(=O)=O)c1Oc1ccccc1.CCCCNc1cc(C(=O)OCC(=O)NC)cc(S(N)(=O)=O)c1Oc1ccccc1.CNC(=O)CCl. The van der Waals surface area contributed by atoms with Crippen LogP contribution in [0.25, 0.3) is 0 Å². The number of hydrogen-bond donors (Lipinski definition) is 7. The van der Waals surface area contributed by atoms with Crippen LogP contribution in [0.5, 0.6) is 23.0 Å². The van der Waals surface area contributed by atoms with Crippen molar-refractivity contribution in [3.8, 4) is 23.0 Å². The summed E-state index contributed by atoms with van der Waals surface area (Å²) < 4.78 is 65.0. The second-order valence-electron chi connectivity index (χ2n) is 12.5. The van der Waals surface area contributed by atoms with Gasteiger partial charge in [-0.15, -0.1) is 11.6 Å². The molecule has 0 fully saturated rings. The Labute approximate surface area is 360 Å². The molecule has 21 heteroatoms. The number of amides is 2. The fourth-order valence-corrected chi connectivity index (χ4v) is 6.24. The zero-order valence-electron chi connectivity index (χ0n) is 34.0. The molecular weight excluding hydrogens is 856 g/mol. The van der Waals surface area contributed by atoms with E-state index in [0.29, 0.717) is 24.6 Å². The van der Waals surface area contributed by atoms with Crippen molar-refractivity contribution >= 4 is 66.8 Å². The van der Waals surface area contributed by atoms with Crippen LogP contribution < -0.4 is 41.0 Å². The zero-order chi connectivity index (χ0) is 45.6. The first-order valence-electron chi connectivity index (χ1n) is 18.6. The van der Waals surface area contributed by atoms with Gasteiger partial charge in [0.2, 0.25) is 26.0 Å².